The van der Waals surface area contributed by atoms with Gasteiger partial charge in [0.25, 0.3) is 11.6 Å². The summed E-state index contributed by atoms with van der Waals surface area (Å²) in [7, 11) is 0. The third kappa shape index (κ3) is 5.27. The Balaban J connectivity index is 1.61. The highest BCUT2D eigenvalue weighted by atomic mass is 127. The smallest absolute Gasteiger partial charge is 0.270 e. The molecule has 1 aliphatic rings. The molecule has 3 rings (SSSR count). The molecule has 1 N–H and O–H groups in total. The van der Waals surface area contributed by atoms with E-state index >= 15 is 0 Å². The zero-order chi connectivity index (χ0) is 20.1. The molecule has 0 atom stereocenters. The summed E-state index contributed by atoms with van der Waals surface area (Å²) in [5.41, 5.74) is 2.08. The maximum absolute atomic E-state index is 12.5. The molecular formula is C20H23IN4O3. The van der Waals surface area contributed by atoms with Gasteiger partial charge in [-0.3, -0.25) is 19.8 Å². The van der Waals surface area contributed by atoms with Crippen LogP contribution < -0.4 is 5.32 Å². The Hall–Kier alpha value is -2.04. The number of nitro benzene ring substituents is 1. The van der Waals surface area contributed by atoms with Gasteiger partial charge in [-0.2, -0.15) is 0 Å². The summed E-state index contributed by atoms with van der Waals surface area (Å²) in [5, 5.41) is 13.8. The fourth-order valence-corrected chi connectivity index (χ4v) is 3.80. The van der Waals surface area contributed by atoms with Gasteiger partial charge in [0.15, 0.2) is 0 Å². The van der Waals surface area contributed by atoms with E-state index in [0.29, 0.717) is 14.8 Å². The van der Waals surface area contributed by atoms with Crippen molar-refractivity contribution in [2.45, 2.75) is 13.5 Å². The molecule has 0 saturated carbocycles. The maximum atomic E-state index is 12.5. The van der Waals surface area contributed by atoms with E-state index in [1.54, 1.807) is 6.07 Å². The molecule has 8 heteroatoms. The lowest BCUT2D eigenvalue weighted by Gasteiger charge is -2.34. The van der Waals surface area contributed by atoms with E-state index in [2.05, 4.69) is 22.0 Å². The first-order valence-corrected chi connectivity index (χ1v) is 10.3. The van der Waals surface area contributed by atoms with Crippen LogP contribution in [0.25, 0.3) is 0 Å². The van der Waals surface area contributed by atoms with Crippen LogP contribution in [-0.4, -0.2) is 53.4 Å². The van der Waals surface area contributed by atoms with Crippen molar-refractivity contribution in [3.05, 3.63) is 67.3 Å². The number of non-ortho nitro benzene ring substituents is 1. The van der Waals surface area contributed by atoms with Crippen LogP contribution in [0.5, 0.6) is 0 Å². The molecule has 7 nitrogen and oxygen atoms in total. The number of rotatable bonds is 6. The molecule has 2 aromatic carbocycles. The molecule has 2 aromatic rings. The molecule has 1 heterocycles. The van der Waals surface area contributed by atoms with E-state index in [1.807, 2.05) is 46.9 Å². The molecule has 148 valence electrons. The normalized spacial score (nSPS) is 15.4. The molecule has 0 aliphatic carbocycles. The summed E-state index contributed by atoms with van der Waals surface area (Å²) < 4.78 is 0.670. The second-order valence-corrected chi connectivity index (χ2v) is 7.94. The van der Waals surface area contributed by atoms with Gasteiger partial charge in [-0.1, -0.05) is 19.1 Å². The number of nitrogens with one attached hydrogen (secondary N) is 1. The number of halogens is 1. The lowest BCUT2D eigenvalue weighted by atomic mass is 10.1. The Morgan fingerprint density at radius 1 is 1.11 bits per heavy atom. The number of nitrogens with zero attached hydrogens (tertiary/aromatic N) is 3. The molecule has 0 radical (unpaired) electrons. The number of anilines is 1. The van der Waals surface area contributed by atoms with Crippen LogP contribution in [0.2, 0.25) is 0 Å². The molecule has 1 saturated heterocycles. The number of hydrogen-bond donors (Lipinski definition) is 1. The number of carbonyl (C=O) groups is 1. The highest BCUT2D eigenvalue weighted by Crippen LogP contribution is 2.21. The summed E-state index contributed by atoms with van der Waals surface area (Å²) in [6.45, 7) is 8.53. The van der Waals surface area contributed by atoms with Crippen LogP contribution in [0.1, 0.15) is 22.8 Å². The summed E-state index contributed by atoms with van der Waals surface area (Å²) in [4.78, 5) is 27.9. The van der Waals surface area contributed by atoms with Crippen molar-refractivity contribution in [2.24, 2.45) is 0 Å². The second-order valence-electron chi connectivity index (χ2n) is 6.78. The summed E-state index contributed by atoms with van der Waals surface area (Å²) in [6.07, 6.45) is 0. The van der Waals surface area contributed by atoms with Crippen molar-refractivity contribution < 1.29 is 9.72 Å². The van der Waals surface area contributed by atoms with E-state index in [0.717, 1.165) is 39.3 Å². The molecule has 0 unspecified atom stereocenters. The van der Waals surface area contributed by atoms with Gasteiger partial charge in [0.05, 0.1) is 10.5 Å². The standard InChI is InChI=1S/C20H23IN4O3/c1-2-23-9-11-24(12-10-23)14-15-3-5-16(6-4-15)22-20(26)18-13-17(25(27)28)7-8-19(18)21/h3-8,13H,2,9-12,14H2,1H3,(H,22,26). The molecule has 0 spiro atoms. The Morgan fingerprint density at radius 3 is 2.36 bits per heavy atom. The maximum Gasteiger partial charge on any atom is 0.270 e. The topological polar surface area (TPSA) is 78.7 Å². The van der Waals surface area contributed by atoms with Crippen LogP contribution >= 0.6 is 22.6 Å². The minimum atomic E-state index is -0.498. The number of hydrogen-bond acceptors (Lipinski definition) is 5. The van der Waals surface area contributed by atoms with Crippen molar-refractivity contribution in [2.75, 3.05) is 38.0 Å². The van der Waals surface area contributed by atoms with Crippen molar-refractivity contribution in [3.63, 3.8) is 0 Å². The van der Waals surface area contributed by atoms with Gasteiger partial charge < -0.3 is 10.2 Å². The van der Waals surface area contributed by atoms with E-state index in [4.69, 9.17) is 0 Å². The number of benzene rings is 2. The number of nitro groups is 1. The Labute approximate surface area is 178 Å². The van der Waals surface area contributed by atoms with Crippen LogP contribution in [-0.2, 0) is 6.54 Å². The Kier molecular flexibility index (Phi) is 6.97. The minimum Gasteiger partial charge on any atom is -0.322 e. The predicted molar refractivity (Wildman–Crippen MR) is 118 cm³/mol. The van der Waals surface area contributed by atoms with Crippen LogP contribution in [0.4, 0.5) is 11.4 Å². The van der Waals surface area contributed by atoms with Crippen molar-refractivity contribution >= 4 is 39.9 Å². The zero-order valence-corrected chi connectivity index (χ0v) is 17.9. The Morgan fingerprint density at radius 2 is 1.75 bits per heavy atom. The summed E-state index contributed by atoms with van der Waals surface area (Å²) in [6, 6.07) is 12.1. The molecule has 1 fully saturated rings. The average molecular weight is 494 g/mol. The highest BCUT2D eigenvalue weighted by Gasteiger charge is 2.17. The van der Waals surface area contributed by atoms with Gasteiger partial charge in [-0.25, -0.2) is 0 Å². The summed E-state index contributed by atoms with van der Waals surface area (Å²) in [5.74, 6) is -0.350. The van der Waals surface area contributed by atoms with Crippen LogP contribution in [0, 0.1) is 13.7 Å². The first kappa shape index (κ1) is 20.7. The number of carbonyl (C=O) groups excluding carboxylic acids is 1. The molecule has 0 aromatic heterocycles. The largest absolute Gasteiger partial charge is 0.322 e. The van der Waals surface area contributed by atoms with Crippen molar-refractivity contribution in [1.29, 1.82) is 0 Å². The van der Waals surface area contributed by atoms with Gasteiger partial charge in [-0.15, -0.1) is 0 Å². The van der Waals surface area contributed by atoms with Gasteiger partial charge in [0.1, 0.15) is 0 Å². The lowest BCUT2D eigenvalue weighted by Crippen LogP contribution is -2.45. The van der Waals surface area contributed by atoms with Gasteiger partial charge in [0.2, 0.25) is 0 Å². The van der Waals surface area contributed by atoms with E-state index in [-0.39, 0.29) is 11.6 Å². The van der Waals surface area contributed by atoms with Gasteiger partial charge in [0, 0.05) is 54.1 Å². The first-order valence-electron chi connectivity index (χ1n) is 9.25. The predicted octanol–water partition coefficient (Wildman–Crippen LogP) is 3.59. The fourth-order valence-electron chi connectivity index (χ4n) is 3.21. The average Bonchev–Trinajstić information content (AvgIpc) is 2.70. The van der Waals surface area contributed by atoms with Crippen LogP contribution in [0.3, 0.4) is 0 Å². The SMILES string of the molecule is CCN1CCN(Cc2ccc(NC(=O)c3cc([N+](=O)[O-])ccc3I)cc2)CC1. The minimum absolute atomic E-state index is 0.0934. The molecule has 1 aliphatic heterocycles. The van der Waals surface area contributed by atoms with E-state index in [9.17, 15) is 14.9 Å². The summed E-state index contributed by atoms with van der Waals surface area (Å²) >= 11 is 2.01. The monoisotopic (exact) mass is 494 g/mol. The third-order valence-corrected chi connectivity index (χ3v) is 5.88. The first-order chi connectivity index (χ1) is 13.5. The van der Waals surface area contributed by atoms with Gasteiger partial charge in [-0.05, 0) is 52.9 Å². The number of piperazine rings is 1. The van der Waals surface area contributed by atoms with Gasteiger partial charge >= 0.3 is 0 Å². The van der Waals surface area contributed by atoms with E-state index < -0.39 is 4.92 Å². The van der Waals surface area contributed by atoms with Crippen molar-refractivity contribution in [3.8, 4) is 0 Å². The lowest BCUT2D eigenvalue weighted by molar-refractivity contribution is -0.384. The Bertz CT molecular complexity index is 849. The second kappa shape index (κ2) is 9.44. The molecule has 1 amide bonds. The number of amides is 1. The molecule has 0 bridgehead atoms. The zero-order valence-electron chi connectivity index (χ0n) is 15.7. The quantitative estimate of drug-likeness (QED) is 0.378. The third-order valence-electron chi connectivity index (χ3n) is 4.94. The molecular weight excluding hydrogens is 471 g/mol. The van der Waals surface area contributed by atoms with Crippen molar-refractivity contribution in [1.82, 2.24) is 9.80 Å². The van der Waals surface area contributed by atoms with E-state index in [1.165, 1.54) is 17.7 Å². The number of likely N-dealkylation sites (N-methyl/N-ethyl adjacent to an activating group) is 1. The fraction of sp³-hybridized carbons (Fsp3) is 0.350. The highest BCUT2D eigenvalue weighted by molar-refractivity contribution is 14.1. The van der Waals surface area contributed by atoms with Crippen LogP contribution in [0.15, 0.2) is 42.5 Å². The molecule has 28 heavy (non-hydrogen) atoms.